The van der Waals surface area contributed by atoms with E-state index >= 15 is 0 Å². The van der Waals surface area contributed by atoms with Gasteiger partial charge in [-0.3, -0.25) is 4.79 Å². The monoisotopic (exact) mass is 275 g/mol. The Balaban J connectivity index is 2.41. The van der Waals surface area contributed by atoms with Gasteiger partial charge in [-0.05, 0) is 43.0 Å². The molecule has 0 bridgehead atoms. The molecule has 1 heterocycles. The van der Waals surface area contributed by atoms with E-state index in [1.807, 2.05) is 37.4 Å². The van der Waals surface area contributed by atoms with Crippen molar-refractivity contribution in [2.75, 3.05) is 12.2 Å². The van der Waals surface area contributed by atoms with Gasteiger partial charge >= 0.3 is 0 Å². The van der Waals surface area contributed by atoms with Crippen molar-refractivity contribution >= 4 is 11.8 Å². The number of benzene rings is 1. The number of pyridine rings is 1. The van der Waals surface area contributed by atoms with Crippen LogP contribution in [-0.4, -0.2) is 16.8 Å². The summed E-state index contributed by atoms with van der Waals surface area (Å²) >= 11 is 1.64. The maximum atomic E-state index is 11.7. The van der Waals surface area contributed by atoms with Crippen LogP contribution in [0.4, 0.5) is 0 Å². The predicted molar refractivity (Wildman–Crippen MR) is 80.9 cm³/mol. The zero-order chi connectivity index (χ0) is 13.8. The highest BCUT2D eigenvalue weighted by Gasteiger charge is 2.07. The topological polar surface area (TPSA) is 31.2 Å². The third kappa shape index (κ3) is 3.01. The Bertz CT molecular complexity index is 634. The summed E-state index contributed by atoms with van der Waals surface area (Å²) in [6.07, 6.45) is 2.00. The highest BCUT2D eigenvalue weighted by molar-refractivity contribution is 7.98. The molecule has 0 aliphatic carbocycles. The molecule has 1 aromatic carbocycles. The quantitative estimate of drug-likeness (QED) is 0.804. The zero-order valence-electron chi connectivity index (χ0n) is 11.3. The van der Waals surface area contributed by atoms with Crippen LogP contribution in [0.1, 0.15) is 5.56 Å². The molecule has 0 saturated carbocycles. The second-order valence-electron chi connectivity index (χ2n) is 4.34. The van der Waals surface area contributed by atoms with Crippen molar-refractivity contribution in [2.45, 2.75) is 6.92 Å². The molecule has 0 unspecified atom stereocenters. The summed E-state index contributed by atoms with van der Waals surface area (Å²) in [5.74, 6) is 1.50. The third-order valence-corrected chi connectivity index (χ3v) is 3.36. The van der Waals surface area contributed by atoms with Gasteiger partial charge in [0.2, 0.25) is 0 Å². The van der Waals surface area contributed by atoms with E-state index in [1.54, 1.807) is 35.5 Å². The van der Waals surface area contributed by atoms with E-state index in [2.05, 4.69) is 0 Å². The number of rotatable bonds is 4. The Labute approximate surface area is 117 Å². The SMILES string of the molecule is CSCOc1ccc(-c2cccc(=O)n2C)c(C)c1. The Hall–Kier alpha value is -1.68. The molecule has 0 saturated heterocycles. The second kappa shape index (κ2) is 5.97. The molecule has 2 aromatic rings. The van der Waals surface area contributed by atoms with Gasteiger partial charge in [-0.25, -0.2) is 0 Å². The third-order valence-electron chi connectivity index (χ3n) is 3.00. The number of hydrogen-bond donors (Lipinski definition) is 0. The fourth-order valence-corrected chi connectivity index (χ4v) is 2.23. The first-order chi connectivity index (χ1) is 9.13. The van der Waals surface area contributed by atoms with Crippen molar-refractivity contribution in [1.82, 2.24) is 4.57 Å². The van der Waals surface area contributed by atoms with E-state index in [4.69, 9.17) is 4.74 Å². The van der Waals surface area contributed by atoms with Crippen LogP contribution in [0.15, 0.2) is 41.2 Å². The molecule has 0 fully saturated rings. The van der Waals surface area contributed by atoms with Gasteiger partial charge in [0, 0.05) is 18.7 Å². The normalized spacial score (nSPS) is 10.5. The molecule has 0 amide bonds. The molecule has 4 heteroatoms. The lowest BCUT2D eigenvalue weighted by Crippen LogP contribution is -2.16. The molecule has 3 nitrogen and oxygen atoms in total. The van der Waals surface area contributed by atoms with Crippen LogP contribution < -0.4 is 10.3 Å². The number of thioether (sulfide) groups is 1. The van der Waals surface area contributed by atoms with E-state index in [9.17, 15) is 4.79 Å². The maximum absolute atomic E-state index is 11.7. The van der Waals surface area contributed by atoms with Crippen molar-refractivity contribution in [2.24, 2.45) is 7.05 Å². The zero-order valence-corrected chi connectivity index (χ0v) is 12.2. The minimum absolute atomic E-state index is 0.000362. The largest absolute Gasteiger partial charge is 0.483 e. The highest BCUT2D eigenvalue weighted by Crippen LogP contribution is 2.26. The minimum Gasteiger partial charge on any atom is -0.483 e. The lowest BCUT2D eigenvalue weighted by atomic mass is 10.0. The smallest absolute Gasteiger partial charge is 0.250 e. The summed E-state index contributed by atoms with van der Waals surface area (Å²) in [5, 5.41) is 0. The van der Waals surface area contributed by atoms with Crippen molar-refractivity contribution in [1.29, 1.82) is 0 Å². The summed E-state index contributed by atoms with van der Waals surface area (Å²) in [6.45, 7) is 2.03. The lowest BCUT2D eigenvalue weighted by molar-refractivity contribution is 0.393. The van der Waals surface area contributed by atoms with Crippen LogP contribution in [0.2, 0.25) is 0 Å². The summed E-state index contributed by atoms with van der Waals surface area (Å²) in [5.41, 5.74) is 3.07. The predicted octanol–water partition coefficient (Wildman–Crippen LogP) is 3.06. The Morgan fingerprint density at radius 1 is 1.26 bits per heavy atom. The van der Waals surface area contributed by atoms with Crippen LogP contribution in [0.5, 0.6) is 5.75 Å². The standard InChI is InChI=1S/C15H17NO2S/c1-11-9-12(18-10-19-3)7-8-13(11)14-5-4-6-15(17)16(14)2/h4-9H,10H2,1-3H3. The van der Waals surface area contributed by atoms with Gasteiger partial charge in [-0.2, -0.15) is 0 Å². The fourth-order valence-electron chi connectivity index (χ4n) is 1.97. The number of aryl methyl sites for hydroxylation is 1. The van der Waals surface area contributed by atoms with E-state index in [0.29, 0.717) is 5.94 Å². The first-order valence-corrected chi connectivity index (χ1v) is 7.41. The number of hydrogen-bond acceptors (Lipinski definition) is 3. The Morgan fingerprint density at radius 3 is 2.74 bits per heavy atom. The highest BCUT2D eigenvalue weighted by atomic mass is 32.2. The second-order valence-corrected chi connectivity index (χ2v) is 5.15. The minimum atomic E-state index is -0.000362. The van der Waals surface area contributed by atoms with Gasteiger partial charge in [0.1, 0.15) is 11.7 Å². The first-order valence-electron chi connectivity index (χ1n) is 6.02. The molecular formula is C15H17NO2S. The van der Waals surface area contributed by atoms with Crippen LogP contribution in [0.3, 0.4) is 0 Å². The Kier molecular flexibility index (Phi) is 4.32. The van der Waals surface area contributed by atoms with Gasteiger partial charge in [0.05, 0.1) is 5.69 Å². The summed E-state index contributed by atoms with van der Waals surface area (Å²) in [4.78, 5) is 11.7. The average Bonchev–Trinajstić information content (AvgIpc) is 2.40. The van der Waals surface area contributed by atoms with E-state index < -0.39 is 0 Å². The van der Waals surface area contributed by atoms with Gasteiger partial charge in [-0.15, -0.1) is 11.8 Å². The first kappa shape index (κ1) is 13.7. The molecule has 0 atom stereocenters. The fraction of sp³-hybridized carbons (Fsp3) is 0.267. The molecule has 1 aromatic heterocycles. The van der Waals surface area contributed by atoms with E-state index in [0.717, 1.165) is 22.6 Å². The average molecular weight is 275 g/mol. The van der Waals surface area contributed by atoms with Gasteiger partial charge in [-0.1, -0.05) is 6.07 Å². The van der Waals surface area contributed by atoms with Gasteiger partial charge in [0.15, 0.2) is 0 Å². The molecular weight excluding hydrogens is 258 g/mol. The van der Waals surface area contributed by atoms with Crippen LogP contribution in [0.25, 0.3) is 11.3 Å². The van der Waals surface area contributed by atoms with Crippen molar-refractivity contribution in [3.63, 3.8) is 0 Å². The molecule has 0 aliphatic rings. The molecule has 0 aliphatic heterocycles. The molecule has 19 heavy (non-hydrogen) atoms. The molecule has 100 valence electrons. The summed E-state index contributed by atoms with van der Waals surface area (Å²) < 4.78 is 7.23. The Morgan fingerprint density at radius 2 is 2.05 bits per heavy atom. The molecule has 0 spiro atoms. The van der Waals surface area contributed by atoms with E-state index in [1.165, 1.54) is 0 Å². The van der Waals surface area contributed by atoms with Crippen molar-refractivity contribution in [3.05, 3.63) is 52.3 Å². The van der Waals surface area contributed by atoms with Crippen LogP contribution >= 0.6 is 11.8 Å². The van der Waals surface area contributed by atoms with Gasteiger partial charge < -0.3 is 9.30 Å². The summed E-state index contributed by atoms with van der Waals surface area (Å²) in [7, 11) is 1.79. The van der Waals surface area contributed by atoms with Crippen molar-refractivity contribution in [3.8, 4) is 17.0 Å². The van der Waals surface area contributed by atoms with Gasteiger partial charge in [0.25, 0.3) is 5.56 Å². The van der Waals surface area contributed by atoms with Crippen molar-refractivity contribution < 1.29 is 4.74 Å². The number of ether oxygens (including phenoxy) is 1. The van der Waals surface area contributed by atoms with Crippen LogP contribution in [-0.2, 0) is 7.05 Å². The molecule has 0 radical (unpaired) electrons. The molecule has 2 rings (SSSR count). The maximum Gasteiger partial charge on any atom is 0.250 e. The lowest BCUT2D eigenvalue weighted by Gasteiger charge is -2.12. The van der Waals surface area contributed by atoms with Crippen LogP contribution in [0, 0.1) is 6.92 Å². The summed E-state index contributed by atoms with van der Waals surface area (Å²) in [6, 6.07) is 11.2. The van der Waals surface area contributed by atoms with E-state index in [-0.39, 0.29) is 5.56 Å². The number of aromatic nitrogens is 1. The number of nitrogens with zero attached hydrogens (tertiary/aromatic N) is 1. The molecule has 0 N–H and O–H groups in total.